The second kappa shape index (κ2) is 7.63. The first-order valence-electron chi connectivity index (χ1n) is 10.4. The molecular formula is C22H22F3N5O2S. The van der Waals surface area contributed by atoms with Gasteiger partial charge in [0.15, 0.2) is 0 Å². The number of pyridine rings is 1. The third-order valence-corrected chi connectivity index (χ3v) is 8.51. The molecule has 2 fully saturated rings. The Morgan fingerprint density at radius 2 is 2.00 bits per heavy atom. The highest BCUT2D eigenvalue weighted by Crippen LogP contribution is 2.57. The predicted molar refractivity (Wildman–Crippen MR) is 119 cm³/mol. The number of fused-ring (bicyclic) bond motifs is 1. The fraction of sp³-hybridized carbons (Fsp3) is 0.409. The normalized spacial score (nSPS) is 26.4. The average Bonchev–Trinajstić information content (AvgIpc) is 2.73. The first kappa shape index (κ1) is 22.0. The molecule has 174 valence electrons. The maximum absolute atomic E-state index is 14.4. The van der Waals surface area contributed by atoms with Crippen LogP contribution in [0.3, 0.4) is 0 Å². The van der Waals surface area contributed by atoms with Crippen LogP contribution in [-0.4, -0.2) is 30.2 Å². The summed E-state index contributed by atoms with van der Waals surface area (Å²) in [7, 11) is 0.781. The predicted octanol–water partition coefficient (Wildman–Crippen LogP) is 2.71. The third-order valence-electron chi connectivity index (χ3n) is 6.65. The molecule has 3 heterocycles. The van der Waals surface area contributed by atoms with Gasteiger partial charge in [-0.3, -0.25) is 13.6 Å². The van der Waals surface area contributed by atoms with Gasteiger partial charge >= 0.3 is 0 Å². The van der Waals surface area contributed by atoms with Crippen molar-refractivity contribution < 1.29 is 17.4 Å². The Bertz CT molecular complexity index is 1340. The molecule has 3 N–H and O–H groups in total. The van der Waals surface area contributed by atoms with Gasteiger partial charge < -0.3 is 11.1 Å². The maximum Gasteiger partial charge on any atom is 0.266 e. The molecule has 1 aromatic carbocycles. The Balaban J connectivity index is 1.49. The maximum atomic E-state index is 14.4. The zero-order chi connectivity index (χ0) is 23.5. The van der Waals surface area contributed by atoms with Gasteiger partial charge in [0.05, 0.1) is 10.9 Å². The van der Waals surface area contributed by atoms with Crippen molar-refractivity contribution in [2.45, 2.75) is 31.4 Å². The number of rotatable bonds is 5. The highest BCUT2D eigenvalue weighted by atomic mass is 32.2. The van der Waals surface area contributed by atoms with E-state index in [-0.39, 0.29) is 23.1 Å². The van der Waals surface area contributed by atoms with E-state index in [9.17, 15) is 22.2 Å². The minimum atomic E-state index is -2.92. The van der Waals surface area contributed by atoms with Crippen LogP contribution in [0.15, 0.2) is 35.4 Å². The fourth-order valence-electron chi connectivity index (χ4n) is 5.17. The Morgan fingerprint density at radius 3 is 2.67 bits per heavy atom. The van der Waals surface area contributed by atoms with Crippen molar-refractivity contribution >= 4 is 27.7 Å². The average molecular weight is 478 g/mol. The molecule has 7 nitrogen and oxygen atoms in total. The molecule has 1 aliphatic heterocycles. The summed E-state index contributed by atoms with van der Waals surface area (Å²) in [6.45, 7) is -0.0840. The van der Waals surface area contributed by atoms with E-state index in [1.807, 2.05) is 0 Å². The van der Waals surface area contributed by atoms with E-state index in [2.05, 4.69) is 15.3 Å². The lowest BCUT2D eigenvalue weighted by atomic mass is 9.57. The Kier molecular flexibility index (Phi) is 5.09. The summed E-state index contributed by atoms with van der Waals surface area (Å²) < 4.78 is 53.5. The molecule has 1 aliphatic carbocycles. The molecule has 1 spiro atoms. The minimum absolute atomic E-state index is 0.0545. The molecule has 0 unspecified atom stereocenters. The van der Waals surface area contributed by atoms with Crippen molar-refractivity contribution in [3.8, 4) is 0 Å². The Morgan fingerprint density at radius 1 is 1.27 bits per heavy atom. The number of nitrogens with zero attached hydrogens (tertiary/aromatic N) is 3. The lowest BCUT2D eigenvalue weighted by Gasteiger charge is -2.58. The van der Waals surface area contributed by atoms with Crippen molar-refractivity contribution in [1.82, 2.24) is 14.5 Å². The lowest BCUT2D eigenvalue weighted by Crippen LogP contribution is -2.65. The van der Waals surface area contributed by atoms with Crippen LogP contribution in [0.5, 0.6) is 0 Å². The van der Waals surface area contributed by atoms with E-state index in [1.54, 1.807) is 13.1 Å². The first-order valence-corrected chi connectivity index (χ1v) is 11.9. The molecule has 3 aromatic rings. The standard InChI is InChI=1S/C22H22F3N5O2S/c1-30-19-14(5-15(20(30)31)22(26)7-21(8-22)9-33(32)10-21)18(28-11-29-19)27-6-12-3-2-4-13(16(12)23)17(24)25/h2-5,11,17H,6-10,26H2,1H3,(H,27,28,29). The summed E-state index contributed by atoms with van der Waals surface area (Å²) in [5.41, 5.74) is 5.64. The van der Waals surface area contributed by atoms with Gasteiger partial charge in [0.2, 0.25) is 0 Å². The van der Waals surface area contributed by atoms with Gasteiger partial charge in [-0.1, -0.05) is 18.2 Å². The topological polar surface area (TPSA) is 103 Å². The number of nitrogens with two attached hydrogens (primary N) is 1. The molecule has 11 heteroatoms. The number of halogens is 3. The monoisotopic (exact) mass is 477 g/mol. The largest absolute Gasteiger partial charge is 0.365 e. The molecule has 0 atom stereocenters. The summed E-state index contributed by atoms with van der Waals surface area (Å²) in [5.74, 6) is 0.587. The Labute approximate surface area is 189 Å². The minimum Gasteiger partial charge on any atom is -0.365 e. The number of hydrogen-bond acceptors (Lipinski definition) is 6. The third kappa shape index (κ3) is 3.54. The number of alkyl halides is 2. The molecule has 33 heavy (non-hydrogen) atoms. The molecule has 5 rings (SSSR count). The molecule has 1 saturated heterocycles. The number of anilines is 1. The highest BCUT2D eigenvalue weighted by Gasteiger charge is 2.59. The van der Waals surface area contributed by atoms with Crippen LogP contribution in [0.1, 0.15) is 36.0 Å². The summed E-state index contributed by atoms with van der Waals surface area (Å²) >= 11 is 0. The van der Waals surface area contributed by atoms with Gasteiger partial charge in [-0.25, -0.2) is 23.1 Å². The quantitative estimate of drug-likeness (QED) is 0.586. The van der Waals surface area contributed by atoms with E-state index in [1.165, 1.54) is 23.0 Å². The molecule has 2 aliphatic rings. The second-order valence-corrected chi connectivity index (χ2v) is 10.6. The second-order valence-electron chi connectivity index (χ2n) is 9.09. The SMILES string of the molecule is Cn1c(=O)c(C2(N)CC3(CS(=O)C3)C2)cc2c(NCc3cccc(C(F)F)c3F)ncnc21. The van der Waals surface area contributed by atoms with Crippen LogP contribution in [0, 0.1) is 11.2 Å². The van der Waals surface area contributed by atoms with Crippen LogP contribution in [0.2, 0.25) is 0 Å². The molecule has 0 radical (unpaired) electrons. The van der Waals surface area contributed by atoms with Crippen molar-refractivity contribution in [1.29, 1.82) is 0 Å². The van der Waals surface area contributed by atoms with Crippen molar-refractivity contribution in [3.05, 3.63) is 63.5 Å². The van der Waals surface area contributed by atoms with Crippen LogP contribution in [0.4, 0.5) is 19.0 Å². The van der Waals surface area contributed by atoms with Crippen molar-refractivity contribution in [2.75, 3.05) is 16.8 Å². The van der Waals surface area contributed by atoms with Gasteiger partial charge in [-0.2, -0.15) is 0 Å². The van der Waals surface area contributed by atoms with E-state index in [4.69, 9.17) is 5.73 Å². The zero-order valence-electron chi connectivity index (χ0n) is 17.8. The van der Waals surface area contributed by atoms with Gasteiger partial charge in [0.1, 0.15) is 23.6 Å². The molecular weight excluding hydrogens is 455 g/mol. The van der Waals surface area contributed by atoms with Crippen LogP contribution in [0.25, 0.3) is 11.0 Å². The molecule has 1 saturated carbocycles. The molecule has 0 amide bonds. The zero-order valence-corrected chi connectivity index (χ0v) is 18.6. The Hall–Kier alpha value is -2.79. The summed E-state index contributed by atoms with van der Waals surface area (Å²) in [6, 6.07) is 5.51. The van der Waals surface area contributed by atoms with E-state index >= 15 is 0 Å². The number of aryl methyl sites for hydroxylation is 1. The number of hydrogen-bond donors (Lipinski definition) is 2. The fourth-order valence-corrected chi connectivity index (χ4v) is 6.86. The summed E-state index contributed by atoms with van der Waals surface area (Å²) in [6.07, 6.45) is -0.486. The highest BCUT2D eigenvalue weighted by molar-refractivity contribution is 7.86. The first-order chi connectivity index (χ1) is 15.6. The van der Waals surface area contributed by atoms with Gasteiger partial charge in [-0.15, -0.1) is 0 Å². The summed E-state index contributed by atoms with van der Waals surface area (Å²) in [4.78, 5) is 21.5. The number of benzene rings is 1. The van der Waals surface area contributed by atoms with Crippen LogP contribution < -0.4 is 16.6 Å². The van der Waals surface area contributed by atoms with Crippen molar-refractivity contribution in [3.63, 3.8) is 0 Å². The smallest absolute Gasteiger partial charge is 0.266 e. The van der Waals surface area contributed by atoms with Crippen LogP contribution >= 0.6 is 0 Å². The molecule has 2 aromatic heterocycles. The summed E-state index contributed by atoms with van der Waals surface area (Å²) in [5, 5.41) is 3.50. The van der Waals surface area contributed by atoms with E-state index in [0.717, 1.165) is 6.07 Å². The van der Waals surface area contributed by atoms with E-state index in [0.29, 0.717) is 46.8 Å². The van der Waals surface area contributed by atoms with Gasteiger partial charge in [0.25, 0.3) is 12.0 Å². The number of aromatic nitrogens is 3. The van der Waals surface area contributed by atoms with E-state index < -0.39 is 34.1 Å². The number of nitrogens with one attached hydrogen (secondary N) is 1. The van der Waals surface area contributed by atoms with Crippen molar-refractivity contribution in [2.24, 2.45) is 18.2 Å². The van der Waals surface area contributed by atoms with Gasteiger partial charge in [-0.05, 0) is 24.3 Å². The van der Waals surface area contributed by atoms with Crippen LogP contribution in [-0.2, 0) is 29.9 Å². The molecule has 0 bridgehead atoms. The van der Waals surface area contributed by atoms with Gasteiger partial charge in [0, 0.05) is 52.6 Å². The lowest BCUT2D eigenvalue weighted by molar-refractivity contribution is 0.0557.